The third-order valence-electron chi connectivity index (χ3n) is 6.77. The van der Waals surface area contributed by atoms with Crippen molar-refractivity contribution in [3.63, 3.8) is 0 Å². The predicted octanol–water partition coefficient (Wildman–Crippen LogP) is 5.54. The van der Waals surface area contributed by atoms with E-state index in [1.807, 2.05) is 62.4 Å². The Bertz CT molecular complexity index is 973. The normalized spacial score (nSPS) is 15.4. The number of hydrogen-bond acceptors (Lipinski definition) is 3. The Labute approximate surface area is 204 Å². The first-order chi connectivity index (χ1) is 16.2. The highest BCUT2D eigenvalue weighted by atomic mass is 16.5. The molecule has 1 saturated carbocycles. The van der Waals surface area contributed by atoms with Crippen LogP contribution in [-0.4, -0.2) is 35.4 Å². The number of ether oxygens (including phenoxy) is 1. The molecule has 184 valence electrons. The maximum Gasteiger partial charge on any atom is 0.261 e. The molecule has 2 amide bonds. The first-order valence-electron chi connectivity index (χ1n) is 12.5. The van der Waals surface area contributed by atoms with Gasteiger partial charge in [-0.3, -0.25) is 9.59 Å². The van der Waals surface area contributed by atoms with Gasteiger partial charge in [-0.15, -0.1) is 0 Å². The quantitative estimate of drug-likeness (QED) is 0.558. The molecule has 0 radical (unpaired) electrons. The van der Waals surface area contributed by atoms with Gasteiger partial charge in [-0.05, 0) is 54.9 Å². The fraction of sp³-hybridized carbons (Fsp3) is 0.517. The molecule has 34 heavy (non-hydrogen) atoms. The summed E-state index contributed by atoms with van der Waals surface area (Å²) in [7, 11) is 0. The Morgan fingerprint density at radius 3 is 2.35 bits per heavy atom. The van der Waals surface area contributed by atoms with Crippen molar-refractivity contribution < 1.29 is 14.3 Å². The van der Waals surface area contributed by atoms with E-state index in [0.29, 0.717) is 12.3 Å². The average molecular weight is 465 g/mol. The van der Waals surface area contributed by atoms with Crippen LogP contribution < -0.4 is 10.1 Å². The number of para-hydroxylation sites is 1. The molecule has 0 unspecified atom stereocenters. The lowest BCUT2D eigenvalue weighted by Crippen LogP contribution is -2.51. The van der Waals surface area contributed by atoms with Gasteiger partial charge in [0.1, 0.15) is 11.8 Å². The molecule has 5 heteroatoms. The summed E-state index contributed by atoms with van der Waals surface area (Å²) in [6, 6.07) is 15.4. The van der Waals surface area contributed by atoms with Crippen LogP contribution in [0.5, 0.6) is 5.75 Å². The minimum Gasteiger partial charge on any atom is -0.483 e. The molecule has 0 spiro atoms. The number of hydrogen-bond donors (Lipinski definition) is 1. The van der Waals surface area contributed by atoms with Gasteiger partial charge in [-0.1, -0.05) is 82.5 Å². The molecule has 2 aromatic carbocycles. The van der Waals surface area contributed by atoms with Gasteiger partial charge in [0, 0.05) is 12.6 Å². The van der Waals surface area contributed by atoms with Crippen molar-refractivity contribution in [2.45, 2.75) is 90.8 Å². The standard InChI is InChI=1S/C29H40N2O3/c1-21-13-9-10-14-23(21)19-31(22(2)28(33)30-24-15-7-6-8-16-24)27(32)20-34-26-18-12-11-17-25(26)29(3,4)5/h9-14,17-18,22,24H,6-8,15-16,19-20H2,1-5H3,(H,30,33)/t22-/m0/s1. The number of carbonyl (C=O) groups is 2. The second kappa shape index (κ2) is 11.5. The molecule has 1 aliphatic carbocycles. The minimum absolute atomic E-state index is 0.0936. The second-order valence-electron chi connectivity index (χ2n) is 10.5. The Morgan fingerprint density at radius 1 is 1.03 bits per heavy atom. The molecule has 1 atom stereocenters. The van der Waals surface area contributed by atoms with Crippen molar-refractivity contribution in [2.75, 3.05) is 6.61 Å². The number of aryl methyl sites for hydroxylation is 1. The predicted molar refractivity (Wildman–Crippen MR) is 137 cm³/mol. The van der Waals surface area contributed by atoms with Gasteiger partial charge in [0.2, 0.25) is 5.91 Å². The Hall–Kier alpha value is -2.82. The minimum atomic E-state index is -0.588. The van der Waals surface area contributed by atoms with Gasteiger partial charge >= 0.3 is 0 Å². The van der Waals surface area contributed by atoms with E-state index in [9.17, 15) is 9.59 Å². The van der Waals surface area contributed by atoms with E-state index < -0.39 is 6.04 Å². The zero-order valence-electron chi connectivity index (χ0n) is 21.4. The zero-order chi connectivity index (χ0) is 24.7. The van der Waals surface area contributed by atoms with Gasteiger partial charge in [0.15, 0.2) is 6.61 Å². The molecule has 0 aliphatic heterocycles. The van der Waals surface area contributed by atoms with E-state index in [1.54, 1.807) is 4.90 Å². The van der Waals surface area contributed by atoms with Crippen LogP contribution in [0.2, 0.25) is 0 Å². The van der Waals surface area contributed by atoms with E-state index >= 15 is 0 Å². The largest absolute Gasteiger partial charge is 0.483 e. The third-order valence-corrected chi connectivity index (χ3v) is 6.77. The SMILES string of the molecule is Cc1ccccc1CN(C(=O)COc1ccccc1C(C)(C)C)[C@@H](C)C(=O)NC1CCCCC1. The lowest BCUT2D eigenvalue weighted by Gasteiger charge is -2.31. The number of nitrogens with zero attached hydrogens (tertiary/aromatic N) is 1. The summed E-state index contributed by atoms with van der Waals surface area (Å²) in [4.78, 5) is 28.3. The zero-order valence-corrected chi connectivity index (χ0v) is 21.4. The summed E-state index contributed by atoms with van der Waals surface area (Å²) in [5.41, 5.74) is 3.08. The summed E-state index contributed by atoms with van der Waals surface area (Å²) in [5.74, 6) is 0.417. The number of amides is 2. The van der Waals surface area contributed by atoms with Crippen molar-refractivity contribution in [3.05, 3.63) is 65.2 Å². The maximum atomic E-state index is 13.5. The van der Waals surface area contributed by atoms with Crippen LogP contribution in [-0.2, 0) is 21.5 Å². The molecule has 1 N–H and O–H groups in total. The lowest BCUT2D eigenvalue weighted by molar-refractivity contribution is -0.142. The summed E-state index contributed by atoms with van der Waals surface area (Å²) in [6.45, 7) is 10.5. The summed E-state index contributed by atoms with van der Waals surface area (Å²) in [5, 5.41) is 3.18. The van der Waals surface area contributed by atoms with Crippen molar-refractivity contribution >= 4 is 11.8 Å². The van der Waals surface area contributed by atoms with Crippen molar-refractivity contribution in [2.24, 2.45) is 0 Å². The van der Waals surface area contributed by atoms with Crippen LogP contribution in [0.15, 0.2) is 48.5 Å². The fourth-order valence-electron chi connectivity index (χ4n) is 4.56. The van der Waals surface area contributed by atoms with E-state index in [4.69, 9.17) is 4.74 Å². The molecule has 5 nitrogen and oxygen atoms in total. The van der Waals surface area contributed by atoms with Gasteiger partial charge in [-0.25, -0.2) is 0 Å². The van der Waals surface area contributed by atoms with Crippen LogP contribution in [0.3, 0.4) is 0 Å². The van der Waals surface area contributed by atoms with Crippen LogP contribution in [0.25, 0.3) is 0 Å². The van der Waals surface area contributed by atoms with Crippen LogP contribution in [0, 0.1) is 6.92 Å². The maximum absolute atomic E-state index is 13.5. The fourth-order valence-corrected chi connectivity index (χ4v) is 4.56. The van der Waals surface area contributed by atoms with Crippen molar-refractivity contribution in [1.29, 1.82) is 0 Å². The molecular formula is C29H40N2O3. The molecule has 0 aromatic heterocycles. The average Bonchev–Trinajstić information content (AvgIpc) is 2.82. The Kier molecular flexibility index (Phi) is 8.76. The van der Waals surface area contributed by atoms with Crippen molar-refractivity contribution in [1.82, 2.24) is 10.2 Å². The highest BCUT2D eigenvalue weighted by Gasteiger charge is 2.29. The highest BCUT2D eigenvalue weighted by Crippen LogP contribution is 2.31. The van der Waals surface area contributed by atoms with Crippen molar-refractivity contribution in [3.8, 4) is 5.75 Å². The number of carbonyl (C=O) groups excluding carboxylic acids is 2. The smallest absolute Gasteiger partial charge is 0.261 e. The summed E-state index contributed by atoms with van der Waals surface area (Å²) in [6.07, 6.45) is 5.54. The number of nitrogens with one attached hydrogen (secondary N) is 1. The molecular weight excluding hydrogens is 424 g/mol. The van der Waals surface area contributed by atoms with Gasteiger partial charge in [0.05, 0.1) is 0 Å². The van der Waals surface area contributed by atoms with Gasteiger partial charge in [-0.2, -0.15) is 0 Å². The molecule has 1 fully saturated rings. The highest BCUT2D eigenvalue weighted by molar-refractivity contribution is 5.88. The van der Waals surface area contributed by atoms with Gasteiger partial charge in [0.25, 0.3) is 5.91 Å². The molecule has 1 aliphatic rings. The van der Waals surface area contributed by atoms with Gasteiger partial charge < -0.3 is 15.0 Å². The summed E-state index contributed by atoms with van der Waals surface area (Å²) < 4.78 is 6.03. The second-order valence-corrected chi connectivity index (χ2v) is 10.5. The number of rotatable bonds is 8. The monoisotopic (exact) mass is 464 g/mol. The van der Waals surface area contributed by atoms with E-state index in [1.165, 1.54) is 6.42 Å². The molecule has 3 rings (SSSR count). The molecule has 0 heterocycles. The molecule has 0 saturated heterocycles. The molecule has 2 aromatic rings. The first kappa shape index (κ1) is 25.8. The van der Waals surface area contributed by atoms with E-state index in [0.717, 1.165) is 42.4 Å². The van der Waals surface area contributed by atoms with E-state index in [2.05, 4.69) is 26.1 Å². The van der Waals surface area contributed by atoms with E-state index in [-0.39, 0.29) is 29.9 Å². The lowest BCUT2D eigenvalue weighted by atomic mass is 9.86. The van der Waals surface area contributed by atoms with Crippen LogP contribution in [0.1, 0.15) is 76.5 Å². The number of benzene rings is 2. The Morgan fingerprint density at radius 2 is 1.68 bits per heavy atom. The van der Waals surface area contributed by atoms with Crippen LogP contribution in [0.4, 0.5) is 0 Å². The third kappa shape index (κ3) is 6.85. The molecule has 0 bridgehead atoms. The van der Waals surface area contributed by atoms with Crippen LogP contribution >= 0.6 is 0 Å². The topological polar surface area (TPSA) is 58.6 Å². The Balaban J connectivity index is 1.76. The summed E-state index contributed by atoms with van der Waals surface area (Å²) >= 11 is 0. The first-order valence-corrected chi connectivity index (χ1v) is 12.5.